The summed E-state index contributed by atoms with van der Waals surface area (Å²) in [5.74, 6) is 0.794. The van der Waals surface area contributed by atoms with Gasteiger partial charge in [-0.15, -0.1) is 0 Å². The van der Waals surface area contributed by atoms with E-state index >= 15 is 0 Å². The predicted molar refractivity (Wildman–Crippen MR) is 68.1 cm³/mol. The normalized spacial score (nSPS) is 13.5. The molecule has 2 heterocycles. The Morgan fingerprint density at radius 3 is 3.11 bits per heavy atom. The van der Waals surface area contributed by atoms with Gasteiger partial charge < -0.3 is 15.5 Å². The van der Waals surface area contributed by atoms with Crippen LogP contribution in [-0.4, -0.2) is 10.9 Å². The Kier molecular flexibility index (Phi) is 2.33. The van der Waals surface area contributed by atoms with Gasteiger partial charge in [-0.2, -0.15) is 4.98 Å². The number of hydrogen-bond acceptors (Lipinski definition) is 4. The van der Waals surface area contributed by atoms with Crippen LogP contribution in [-0.2, 0) is 17.6 Å². The number of hydrogen-bond donors (Lipinski definition) is 2. The third-order valence-electron chi connectivity index (χ3n) is 3.04. The number of aromatic nitrogens is 1. The summed E-state index contributed by atoms with van der Waals surface area (Å²) >= 11 is 0. The maximum atomic E-state index is 11.3. The Bertz CT molecular complexity index is 631. The molecule has 18 heavy (non-hydrogen) atoms. The number of aryl methyl sites for hydroxylation is 1. The molecule has 92 valence electrons. The predicted octanol–water partition coefficient (Wildman–Crippen LogP) is 1.98. The summed E-state index contributed by atoms with van der Waals surface area (Å²) in [7, 11) is 0. The van der Waals surface area contributed by atoms with Gasteiger partial charge in [-0.25, -0.2) is 0 Å². The van der Waals surface area contributed by atoms with E-state index in [0.717, 1.165) is 34.7 Å². The van der Waals surface area contributed by atoms with Crippen LogP contribution in [0.3, 0.4) is 0 Å². The molecule has 1 aromatic carbocycles. The zero-order valence-corrected chi connectivity index (χ0v) is 9.99. The van der Waals surface area contributed by atoms with E-state index in [0.29, 0.717) is 6.42 Å². The van der Waals surface area contributed by atoms with E-state index in [9.17, 15) is 4.79 Å². The molecular formula is C13H13N3O2. The van der Waals surface area contributed by atoms with Crippen molar-refractivity contribution in [2.75, 3.05) is 11.1 Å². The van der Waals surface area contributed by atoms with Crippen LogP contribution in [0.5, 0.6) is 0 Å². The number of carbonyl (C=O) groups is 1. The lowest BCUT2D eigenvalue weighted by Crippen LogP contribution is -2.03. The largest absolute Gasteiger partial charge is 0.428 e. The van der Waals surface area contributed by atoms with Gasteiger partial charge in [0.05, 0.1) is 6.42 Å². The lowest BCUT2D eigenvalue weighted by molar-refractivity contribution is -0.115. The maximum absolute atomic E-state index is 11.3. The highest BCUT2D eigenvalue weighted by atomic mass is 16.4. The summed E-state index contributed by atoms with van der Waals surface area (Å²) in [6.45, 7) is 1.99. The van der Waals surface area contributed by atoms with Crippen LogP contribution in [0.25, 0.3) is 11.3 Å². The van der Waals surface area contributed by atoms with E-state index in [1.165, 1.54) is 0 Å². The number of nitrogens with two attached hydrogens (primary N) is 1. The molecule has 5 nitrogen and oxygen atoms in total. The first-order chi connectivity index (χ1) is 8.67. The van der Waals surface area contributed by atoms with Gasteiger partial charge in [-0.3, -0.25) is 4.79 Å². The van der Waals surface area contributed by atoms with Crippen LogP contribution in [0.2, 0.25) is 0 Å². The first kappa shape index (κ1) is 10.8. The van der Waals surface area contributed by atoms with Crippen molar-refractivity contribution in [1.82, 2.24) is 4.98 Å². The zero-order chi connectivity index (χ0) is 12.7. The number of nitrogen functional groups attached to an aromatic ring is 1. The van der Waals surface area contributed by atoms with Gasteiger partial charge in [0.2, 0.25) is 5.91 Å². The molecule has 0 radical (unpaired) electrons. The van der Waals surface area contributed by atoms with Crippen LogP contribution in [0, 0.1) is 0 Å². The number of benzene rings is 1. The van der Waals surface area contributed by atoms with Crippen LogP contribution >= 0.6 is 0 Å². The van der Waals surface area contributed by atoms with Gasteiger partial charge >= 0.3 is 0 Å². The lowest BCUT2D eigenvalue weighted by Gasteiger charge is -2.02. The minimum Gasteiger partial charge on any atom is -0.428 e. The van der Waals surface area contributed by atoms with Gasteiger partial charge in [0.25, 0.3) is 6.01 Å². The molecule has 0 aliphatic carbocycles. The average Bonchev–Trinajstić information content (AvgIpc) is 2.89. The van der Waals surface area contributed by atoms with E-state index in [4.69, 9.17) is 10.2 Å². The summed E-state index contributed by atoms with van der Waals surface area (Å²) in [4.78, 5) is 15.5. The van der Waals surface area contributed by atoms with Crippen molar-refractivity contribution < 1.29 is 9.21 Å². The smallest absolute Gasteiger partial charge is 0.292 e. The molecule has 1 aliphatic heterocycles. The van der Waals surface area contributed by atoms with Crippen molar-refractivity contribution in [2.24, 2.45) is 0 Å². The number of oxazole rings is 1. The number of amides is 1. The van der Waals surface area contributed by atoms with Crippen LogP contribution in [0.4, 0.5) is 11.7 Å². The third-order valence-corrected chi connectivity index (χ3v) is 3.04. The van der Waals surface area contributed by atoms with Crippen LogP contribution in [0.1, 0.15) is 18.2 Å². The number of nitrogens with one attached hydrogen (secondary N) is 1. The van der Waals surface area contributed by atoms with Crippen molar-refractivity contribution in [2.45, 2.75) is 19.8 Å². The van der Waals surface area contributed by atoms with Crippen molar-refractivity contribution in [3.05, 3.63) is 29.5 Å². The maximum Gasteiger partial charge on any atom is 0.292 e. The molecule has 5 heteroatoms. The Balaban J connectivity index is 2.08. The van der Waals surface area contributed by atoms with E-state index in [2.05, 4.69) is 10.3 Å². The topological polar surface area (TPSA) is 81.2 Å². The Labute approximate surface area is 104 Å². The SMILES string of the molecule is CCc1oc(N)nc1-c1ccc2c(c1)CC(=O)N2. The number of rotatable bonds is 2. The average molecular weight is 243 g/mol. The molecule has 2 aromatic rings. The lowest BCUT2D eigenvalue weighted by atomic mass is 10.0. The second-order valence-electron chi connectivity index (χ2n) is 4.27. The van der Waals surface area contributed by atoms with Crippen LogP contribution in [0.15, 0.2) is 22.6 Å². The second-order valence-corrected chi connectivity index (χ2v) is 4.27. The number of anilines is 2. The van der Waals surface area contributed by atoms with E-state index < -0.39 is 0 Å². The minimum absolute atomic E-state index is 0.0255. The van der Waals surface area contributed by atoms with Gasteiger partial charge in [0.15, 0.2) is 0 Å². The van der Waals surface area contributed by atoms with Crippen molar-refractivity contribution in [3.63, 3.8) is 0 Å². The molecule has 3 N–H and O–H groups in total. The monoisotopic (exact) mass is 243 g/mol. The van der Waals surface area contributed by atoms with E-state index in [-0.39, 0.29) is 11.9 Å². The summed E-state index contributed by atoms with van der Waals surface area (Å²) in [5.41, 5.74) is 9.14. The third kappa shape index (κ3) is 1.64. The summed E-state index contributed by atoms with van der Waals surface area (Å²) in [6.07, 6.45) is 1.14. The number of carbonyl (C=O) groups excluding carboxylic acids is 1. The van der Waals surface area contributed by atoms with Gasteiger partial charge in [-0.05, 0) is 17.7 Å². The van der Waals surface area contributed by atoms with Gasteiger partial charge in [-0.1, -0.05) is 13.0 Å². The molecule has 0 fully saturated rings. The molecule has 1 aliphatic rings. The molecule has 0 unspecified atom stereocenters. The highest BCUT2D eigenvalue weighted by Gasteiger charge is 2.19. The van der Waals surface area contributed by atoms with Gasteiger partial charge in [0, 0.05) is 17.7 Å². The fourth-order valence-electron chi connectivity index (χ4n) is 2.21. The molecule has 3 rings (SSSR count). The first-order valence-corrected chi connectivity index (χ1v) is 5.85. The highest BCUT2D eigenvalue weighted by molar-refractivity contribution is 5.99. The second kappa shape index (κ2) is 3.87. The fourth-order valence-corrected chi connectivity index (χ4v) is 2.21. The Hall–Kier alpha value is -2.30. The Morgan fingerprint density at radius 1 is 1.50 bits per heavy atom. The Morgan fingerprint density at radius 2 is 2.33 bits per heavy atom. The molecule has 1 amide bonds. The standard InChI is InChI=1S/C13H13N3O2/c1-2-10-12(16-13(14)18-10)7-3-4-9-8(5-7)6-11(17)15-9/h3-5H,2,6H2,1H3,(H2,14,16)(H,15,17). The first-order valence-electron chi connectivity index (χ1n) is 5.85. The fraction of sp³-hybridized carbons (Fsp3) is 0.231. The quantitative estimate of drug-likeness (QED) is 0.845. The van der Waals surface area contributed by atoms with E-state index in [1.54, 1.807) is 0 Å². The summed E-state index contributed by atoms with van der Waals surface area (Å²) in [5, 5.41) is 2.80. The molecular weight excluding hydrogens is 230 g/mol. The minimum atomic E-state index is 0.0255. The number of fused-ring (bicyclic) bond motifs is 1. The number of nitrogens with zero attached hydrogens (tertiary/aromatic N) is 1. The molecule has 0 spiro atoms. The van der Waals surface area contributed by atoms with Crippen molar-refractivity contribution >= 4 is 17.6 Å². The van der Waals surface area contributed by atoms with Crippen LogP contribution < -0.4 is 11.1 Å². The van der Waals surface area contributed by atoms with Gasteiger partial charge in [0.1, 0.15) is 11.5 Å². The zero-order valence-electron chi connectivity index (χ0n) is 9.99. The summed E-state index contributed by atoms with van der Waals surface area (Å²) < 4.78 is 5.34. The van der Waals surface area contributed by atoms with Crippen molar-refractivity contribution in [1.29, 1.82) is 0 Å². The molecule has 1 aromatic heterocycles. The van der Waals surface area contributed by atoms with Crippen molar-refractivity contribution in [3.8, 4) is 11.3 Å². The van der Waals surface area contributed by atoms with E-state index in [1.807, 2.05) is 25.1 Å². The molecule has 0 atom stereocenters. The molecule has 0 bridgehead atoms. The molecule has 0 saturated heterocycles. The molecule has 0 saturated carbocycles. The summed E-state index contributed by atoms with van der Waals surface area (Å²) in [6, 6.07) is 5.95. The highest BCUT2D eigenvalue weighted by Crippen LogP contribution is 2.31.